The molecule has 3 heteroatoms. The topological polar surface area (TPSA) is 12.9 Å². The van der Waals surface area contributed by atoms with E-state index in [1.54, 1.807) is 6.92 Å². The molecule has 1 aromatic heterocycles. The first-order valence-corrected chi connectivity index (χ1v) is 3.04. The lowest BCUT2D eigenvalue weighted by atomic mass is 10.2. The highest BCUT2D eigenvalue weighted by atomic mass is 19.1. The number of pyridine rings is 1. The molecule has 0 N–H and O–H groups in total. The summed E-state index contributed by atoms with van der Waals surface area (Å²) in [6.07, 6.45) is 1.45. The molecule has 0 bridgehead atoms. The summed E-state index contributed by atoms with van der Waals surface area (Å²) in [5.74, 6) is -1.22. The first-order chi connectivity index (χ1) is 4.75. The molecule has 0 radical (unpaired) electrons. The SMILES string of the molecule is CCc1c(F)ccnc1F. The predicted molar refractivity (Wildman–Crippen MR) is 33.5 cm³/mol. The fourth-order valence-electron chi connectivity index (χ4n) is 0.760. The zero-order valence-electron chi connectivity index (χ0n) is 5.56. The molecule has 0 spiro atoms. The minimum Gasteiger partial charge on any atom is -0.228 e. The van der Waals surface area contributed by atoms with Gasteiger partial charge in [-0.1, -0.05) is 6.92 Å². The highest BCUT2D eigenvalue weighted by Gasteiger charge is 2.05. The molecule has 1 rings (SSSR count). The number of nitrogens with zero attached hydrogens (tertiary/aromatic N) is 1. The zero-order chi connectivity index (χ0) is 7.56. The minimum absolute atomic E-state index is 0.0579. The highest BCUT2D eigenvalue weighted by molar-refractivity contribution is 5.12. The van der Waals surface area contributed by atoms with Gasteiger partial charge in [-0.2, -0.15) is 4.39 Å². The summed E-state index contributed by atoms with van der Waals surface area (Å²) < 4.78 is 25.1. The minimum atomic E-state index is -0.706. The van der Waals surface area contributed by atoms with Crippen LogP contribution in [0.3, 0.4) is 0 Å². The zero-order valence-corrected chi connectivity index (χ0v) is 5.56. The molecule has 0 saturated carbocycles. The number of hydrogen-bond donors (Lipinski definition) is 0. The molecule has 10 heavy (non-hydrogen) atoms. The van der Waals surface area contributed by atoms with Gasteiger partial charge in [0.1, 0.15) is 5.82 Å². The molecule has 1 heterocycles. The number of halogens is 2. The van der Waals surface area contributed by atoms with Crippen LogP contribution < -0.4 is 0 Å². The molecule has 1 nitrogen and oxygen atoms in total. The Morgan fingerprint density at radius 3 is 2.60 bits per heavy atom. The Morgan fingerprint density at radius 1 is 1.50 bits per heavy atom. The van der Waals surface area contributed by atoms with Crippen LogP contribution >= 0.6 is 0 Å². The summed E-state index contributed by atoms with van der Waals surface area (Å²) in [6, 6.07) is 1.15. The summed E-state index contributed by atoms with van der Waals surface area (Å²) in [7, 11) is 0. The average Bonchev–Trinajstić information content (AvgIpc) is 1.88. The number of aromatic nitrogens is 1. The maximum absolute atomic E-state index is 12.6. The van der Waals surface area contributed by atoms with E-state index >= 15 is 0 Å². The van der Waals surface area contributed by atoms with Crippen LogP contribution in [-0.4, -0.2) is 4.98 Å². The van der Waals surface area contributed by atoms with Gasteiger partial charge in [0, 0.05) is 11.8 Å². The first kappa shape index (κ1) is 7.12. The summed E-state index contributed by atoms with van der Waals surface area (Å²) in [6.45, 7) is 1.68. The van der Waals surface area contributed by atoms with Crippen molar-refractivity contribution in [2.45, 2.75) is 13.3 Å². The molecule has 0 amide bonds. The van der Waals surface area contributed by atoms with Crippen molar-refractivity contribution in [2.24, 2.45) is 0 Å². The normalized spacial score (nSPS) is 9.90. The monoisotopic (exact) mass is 143 g/mol. The highest BCUT2D eigenvalue weighted by Crippen LogP contribution is 2.08. The third-order valence-electron chi connectivity index (χ3n) is 1.30. The molecule has 0 aliphatic carbocycles. The molecular weight excluding hydrogens is 136 g/mol. The van der Waals surface area contributed by atoms with E-state index < -0.39 is 11.8 Å². The van der Waals surface area contributed by atoms with Crippen molar-refractivity contribution in [2.75, 3.05) is 0 Å². The van der Waals surface area contributed by atoms with Gasteiger partial charge in [-0.25, -0.2) is 9.37 Å². The van der Waals surface area contributed by atoms with Crippen molar-refractivity contribution in [1.29, 1.82) is 0 Å². The van der Waals surface area contributed by atoms with Gasteiger partial charge in [0.25, 0.3) is 0 Å². The van der Waals surface area contributed by atoms with Crippen molar-refractivity contribution in [3.8, 4) is 0 Å². The summed E-state index contributed by atoms with van der Waals surface area (Å²) in [5, 5.41) is 0. The standard InChI is InChI=1S/C7H7F2N/c1-2-5-6(8)3-4-10-7(5)9/h3-4H,2H2,1H3. The molecule has 0 aliphatic heterocycles. The van der Waals surface area contributed by atoms with Gasteiger partial charge in [-0.3, -0.25) is 0 Å². The summed E-state index contributed by atoms with van der Waals surface area (Å²) >= 11 is 0. The van der Waals surface area contributed by atoms with E-state index in [2.05, 4.69) is 4.98 Å². The van der Waals surface area contributed by atoms with Crippen molar-refractivity contribution >= 4 is 0 Å². The second-order valence-corrected chi connectivity index (χ2v) is 1.92. The van der Waals surface area contributed by atoms with Gasteiger partial charge < -0.3 is 0 Å². The maximum Gasteiger partial charge on any atom is 0.218 e. The Bertz CT molecular complexity index is 215. The van der Waals surface area contributed by atoms with Crippen LogP contribution in [0.5, 0.6) is 0 Å². The van der Waals surface area contributed by atoms with Crippen LogP contribution in [0.4, 0.5) is 8.78 Å². The second kappa shape index (κ2) is 2.73. The maximum atomic E-state index is 12.6. The molecule has 0 fully saturated rings. The van der Waals surface area contributed by atoms with Crippen molar-refractivity contribution in [3.63, 3.8) is 0 Å². The molecule has 0 aromatic carbocycles. The Balaban J connectivity index is 3.17. The molecule has 0 aliphatic rings. The van der Waals surface area contributed by atoms with Crippen LogP contribution in [0.15, 0.2) is 12.3 Å². The fourth-order valence-corrected chi connectivity index (χ4v) is 0.760. The van der Waals surface area contributed by atoms with Gasteiger partial charge in [0.05, 0.1) is 0 Å². The molecular formula is C7H7F2N. The van der Waals surface area contributed by atoms with E-state index in [9.17, 15) is 8.78 Å². The Kier molecular flexibility index (Phi) is 1.94. The first-order valence-electron chi connectivity index (χ1n) is 3.04. The lowest BCUT2D eigenvalue weighted by Crippen LogP contribution is -1.95. The Hall–Kier alpha value is -0.990. The average molecular weight is 143 g/mol. The van der Waals surface area contributed by atoms with Crippen LogP contribution in [0.2, 0.25) is 0 Å². The molecule has 54 valence electrons. The van der Waals surface area contributed by atoms with E-state index in [0.717, 1.165) is 12.3 Å². The van der Waals surface area contributed by atoms with E-state index in [1.807, 2.05) is 0 Å². The van der Waals surface area contributed by atoms with Crippen molar-refractivity contribution < 1.29 is 8.78 Å². The van der Waals surface area contributed by atoms with E-state index in [0.29, 0.717) is 6.42 Å². The lowest BCUT2D eigenvalue weighted by Gasteiger charge is -1.97. The summed E-state index contributed by atoms with van der Waals surface area (Å²) in [4.78, 5) is 3.30. The third kappa shape index (κ3) is 1.12. The van der Waals surface area contributed by atoms with E-state index in [1.165, 1.54) is 0 Å². The van der Waals surface area contributed by atoms with Gasteiger partial charge in [-0.15, -0.1) is 0 Å². The molecule has 0 saturated heterocycles. The van der Waals surface area contributed by atoms with E-state index in [-0.39, 0.29) is 5.56 Å². The van der Waals surface area contributed by atoms with Crippen LogP contribution in [0, 0.1) is 11.8 Å². The lowest BCUT2D eigenvalue weighted by molar-refractivity contribution is 0.529. The van der Waals surface area contributed by atoms with Crippen LogP contribution in [0.1, 0.15) is 12.5 Å². The second-order valence-electron chi connectivity index (χ2n) is 1.92. The van der Waals surface area contributed by atoms with Gasteiger partial charge in [0.15, 0.2) is 0 Å². The Morgan fingerprint density at radius 2 is 2.20 bits per heavy atom. The number of rotatable bonds is 1. The molecule has 0 unspecified atom stereocenters. The quantitative estimate of drug-likeness (QED) is 0.547. The van der Waals surface area contributed by atoms with Gasteiger partial charge in [-0.05, 0) is 12.5 Å². The van der Waals surface area contributed by atoms with Crippen molar-refractivity contribution in [1.82, 2.24) is 4.98 Å². The molecule has 0 atom stereocenters. The third-order valence-corrected chi connectivity index (χ3v) is 1.30. The van der Waals surface area contributed by atoms with Crippen LogP contribution in [0.25, 0.3) is 0 Å². The predicted octanol–water partition coefficient (Wildman–Crippen LogP) is 1.92. The van der Waals surface area contributed by atoms with Crippen molar-refractivity contribution in [3.05, 3.63) is 29.6 Å². The van der Waals surface area contributed by atoms with Gasteiger partial charge in [0.2, 0.25) is 5.95 Å². The fraction of sp³-hybridized carbons (Fsp3) is 0.286. The Labute approximate surface area is 57.7 Å². The largest absolute Gasteiger partial charge is 0.228 e. The summed E-state index contributed by atoms with van der Waals surface area (Å²) in [5.41, 5.74) is 0.0579. The molecule has 1 aromatic rings. The number of hydrogen-bond acceptors (Lipinski definition) is 1. The van der Waals surface area contributed by atoms with Gasteiger partial charge >= 0.3 is 0 Å². The van der Waals surface area contributed by atoms with E-state index in [4.69, 9.17) is 0 Å². The smallest absolute Gasteiger partial charge is 0.218 e. The van der Waals surface area contributed by atoms with Crippen LogP contribution in [-0.2, 0) is 6.42 Å².